The van der Waals surface area contributed by atoms with Gasteiger partial charge in [0, 0.05) is 30.1 Å². The molecule has 3 aromatic heterocycles. The summed E-state index contributed by atoms with van der Waals surface area (Å²) in [5.74, 6) is -0.802. The molecule has 7 heteroatoms. The number of nitrogens with two attached hydrogens (primary N) is 1. The summed E-state index contributed by atoms with van der Waals surface area (Å²) in [4.78, 5) is 19.2. The number of pyridine rings is 1. The predicted octanol–water partition coefficient (Wildman–Crippen LogP) is 1.07. The van der Waals surface area contributed by atoms with Crippen LogP contribution < -0.4 is 5.73 Å². The molecule has 0 aromatic carbocycles. The van der Waals surface area contributed by atoms with Crippen molar-refractivity contribution in [2.24, 2.45) is 0 Å². The summed E-state index contributed by atoms with van der Waals surface area (Å²) < 4.78 is 1.29. The van der Waals surface area contributed by atoms with Crippen LogP contribution in [0.5, 0.6) is 0 Å². The van der Waals surface area contributed by atoms with Gasteiger partial charge in [-0.15, -0.1) is 0 Å². The Hall–Kier alpha value is -2.96. The van der Waals surface area contributed by atoms with E-state index in [0.29, 0.717) is 17.2 Å². The summed E-state index contributed by atoms with van der Waals surface area (Å²) in [6.45, 7) is 0. The zero-order chi connectivity index (χ0) is 13.4. The van der Waals surface area contributed by atoms with Gasteiger partial charge in [-0.25, -0.2) is 9.78 Å². The van der Waals surface area contributed by atoms with Gasteiger partial charge in [-0.2, -0.15) is 9.61 Å². The average Bonchev–Trinajstić information content (AvgIpc) is 2.84. The van der Waals surface area contributed by atoms with E-state index in [-0.39, 0.29) is 5.69 Å². The van der Waals surface area contributed by atoms with E-state index in [0.717, 1.165) is 5.56 Å². The lowest BCUT2D eigenvalue weighted by Gasteiger charge is -2.03. The zero-order valence-electron chi connectivity index (χ0n) is 9.69. The number of aromatic carboxylic acids is 1. The van der Waals surface area contributed by atoms with E-state index in [1.807, 2.05) is 6.07 Å². The highest BCUT2D eigenvalue weighted by atomic mass is 16.4. The summed E-state index contributed by atoms with van der Waals surface area (Å²) in [7, 11) is 0. The summed E-state index contributed by atoms with van der Waals surface area (Å²) in [6, 6.07) is 6.64. The number of rotatable bonds is 2. The van der Waals surface area contributed by atoms with Gasteiger partial charge in [-0.1, -0.05) is 0 Å². The van der Waals surface area contributed by atoms with Crippen molar-refractivity contribution in [3.05, 3.63) is 42.4 Å². The Kier molecular flexibility index (Phi) is 2.38. The maximum atomic E-state index is 10.9. The van der Waals surface area contributed by atoms with E-state index < -0.39 is 5.97 Å². The highest BCUT2D eigenvalue weighted by molar-refractivity contribution is 5.87. The average molecular weight is 255 g/mol. The van der Waals surface area contributed by atoms with E-state index in [4.69, 9.17) is 10.8 Å². The monoisotopic (exact) mass is 255 g/mol. The fourth-order valence-corrected chi connectivity index (χ4v) is 1.76. The number of nitrogen functional groups attached to an aromatic ring is 1. The minimum Gasteiger partial charge on any atom is -0.476 e. The second-order valence-corrected chi connectivity index (χ2v) is 3.91. The molecule has 0 spiro atoms. The fraction of sp³-hybridized carbons (Fsp3) is 0. The lowest BCUT2D eigenvalue weighted by atomic mass is 10.2. The molecular formula is C12H9N5O2. The Morgan fingerprint density at radius 1 is 1.37 bits per heavy atom. The zero-order valence-corrected chi connectivity index (χ0v) is 9.69. The first kappa shape index (κ1) is 11.1. The van der Waals surface area contributed by atoms with Crippen molar-refractivity contribution in [3.8, 4) is 11.3 Å². The standard InChI is InChI=1S/C12H9N5O2/c13-10-4-8(7-2-1-3-14-6-7)15-11-5-9(12(18)19)16-17(10)11/h1-6H,13H2,(H,18,19). The number of carbonyl (C=O) groups is 1. The third-order valence-corrected chi connectivity index (χ3v) is 2.63. The van der Waals surface area contributed by atoms with Gasteiger partial charge in [-0.05, 0) is 12.1 Å². The van der Waals surface area contributed by atoms with Crippen LogP contribution in [0.15, 0.2) is 36.7 Å². The first-order chi connectivity index (χ1) is 9.15. The largest absolute Gasteiger partial charge is 0.476 e. The summed E-state index contributed by atoms with van der Waals surface area (Å²) in [5, 5.41) is 12.8. The van der Waals surface area contributed by atoms with Crippen molar-refractivity contribution in [1.82, 2.24) is 19.6 Å². The van der Waals surface area contributed by atoms with Crippen molar-refractivity contribution in [1.29, 1.82) is 0 Å². The Labute approximate surface area is 107 Å². The van der Waals surface area contributed by atoms with Gasteiger partial charge in [0.05, 0.1) is 5.69 Å². The molecule has 19 heavy (non-hydrogen) atoms. The normalized spacial score (nSPS) is 10.7. The second kappa shape index (κ2) is 4.05. The molecule has 0 unspecified atom stereocenters. The minimum absolute atomic E-state index is 0.0949. The number of carboxylic acids is 1. The molecule has 94 valence electrons. The van der Waals surface area contributed by atoms with Gasteiger partial charge >= 0.3 is 5.97 Å². The number of hydrogen-bond donors (Lipinski definition) is 2. The number of anilines is 1. The van der Waals surface area contributed by atoms with E-state index >= 15 is 0 Å². The van der Waals surface area contributed by atoms with Crippen LogP contribution in [0.4, 0.5) is 5.82 Å². The lowest BCUT2D eigenvalue weighted by Crippen LogP contribution is -2.02. The molecule has 3 heterocycles. The maximum Gasteiger partial charge on any atom is 0.356 e. The van der Waals surface area contributed by atoms with Crippen molar-refractivity contribution in [2.75, 3.05) is 5.73 Å². The smallest absolute Gasteiger partial charge is 0.356 e. The topological polar surface area (TPSA) is 106 Å². The fourth-order valence-electron chi connectivity index (χ4n) is 1.76. The molecule has 0 fully saturated rings. The van der Waals surface area contributed by atoms with Crippen LogP contribution in [0.1, 0.15) is 10.5 Å². The number of carboxylic acid groups (broad SMARTS) is 1. The van der Waals surface area contributed by atoms with E-state index in [1.165, 1.54) is 10.6 Å². The molecule has 0 atom stereocenters. The van der Waals surface area contributed by atoms with Crippen LogP contribution >= 0.6 is 0 Å². The number of hydrogen-bond acceptors (Lipinski definition) is 5. The lowest BCUT2D eigenvalue weighted by molar-refractivity contribution is 0.0690. The minimum atomic E-state index is -1.12. The van der Waals surface area contributed by atoms with Gasteiger partial charge in [0.1, 0.15) is 5.82 Å². The van der Waals surface area contributed by atoms with Crippen LogP contribution in [0.2, 0.25) is 0 Å². The Morgan fingerprint density at radius 2 is 2.21 bits per heavy atom. The second-order valence-electron chi connectivity index (χ2n) is 3.91. The molecule has 3 rings (SSSR count). The molecule has 3 N–H and O–H groups in total. The predicted molar refractivity (Wildman–Crippen MR) is 67.6 cm³/mol. The number of fused-ring (bicyclic) bond motifs is 1. The van der Waals surface area contributed by atoms with Gasteiger partial charge in [0.15, 0.2) is 11.3 Å². The Morgan fingerprint density at radius 3 is 2.89 bits per heavy atom. The molecule has 0 amide bonds. The molecule has 0 aliphatic carbocycles. The number of nitrogens with zero attached hydrogens (tertiary/aromatic N) is 4. The van der Waals surface area contributed by atoms with E-state index in [1.54, 1.807) is 24.5 Å². The third-order valence-electron chi connectivity index (χ3n) is 2.63. The molecule has 0 bridgehead atoms. The summed E-state index contributed by atoms with van der Waals surface area (Å²) in [6.07, 6.45) is 3.32. The van der Waals surface area contributed by atoms with E-state index in [2.05, 4.69) is 15.1 Å². The quantitative estimate of drug-likeness (QED) is 0.709. The van der Waals surface area contributed by atoms with Crippen LogP contribution in [-0.2, 0) is 0 Å². The van der Waals surface area contributed by atoms with Crippen molar-refractivity contribution in [3.63, 3.8) is 0 Å². The van der Waals surface area contributed by atoms with Crippen LogP contribution in [0.25, 0.3) is 16.9 Å². The highest BCUT2D eigenvalue weighted by Crippen LogP contribution is 2.20. The third kappa shape index (κ3) is 1.86. The molecule has 0 aliphatic heterocycles. The molecule has 0 saturated carbocycles. The molecule has 0 radical (unpaired) electrons. The first-order valence-corrected chi connectivity index (χ1v) is 5.45. The Bertz CT molecular complexity index is 766. The van der Waals surface area contributed by atoms with Crippen LogP contribution in [0.3, 0.4) is 0 Å². The van der Waals surface area contributed by atoms with E-state index in [9.17, 15) is 4.79 Å². The van der Waals surface area contributed by atoms with Crippen LogP contribution in [-0.4, -0.2) is 30.7 Å². The van der Waals surface area contributed by atoms with Gasteiger partial charge in [0.25, 0.3) is 0 Å². The van der Waals surface area contributed by atoms with Crippen molar-refractivity contribution >= 4 is 17.4 Å². The molecule has 7 nitrogen and oxygen atoms in total. The van der Waals surface area contributed by atoms with Crippen LogP contribution in [0, 0.1) is 0 Å². The van der Waals surface area contributed by atoms with Crippen molar-refractivity contribution < 1.29 is 9.90 Å². The molecule has 3 aromatic rings. The van der Waals surface area contributed by atoms with Crippen molar-refractivity contribution in [2.45, 2.75) is 0 Å². The maximum absolute atomic E-state index is 10.9. The molecule has 0 saturated heterocycles. The van der Waals surface area contributed by atoms with Gasteiger partial charge in [-0.3, -0.25) is 4.98 Å². The SMILES string of the molecule is Nc1cc(-c2cccnc2)nc2cc(C(=O)O)nn12. The van der Waals surface area contributed by atoms with Gasteiger partial charge < -0.3 is 10.8 Å². The summed E-state index contributed by atoms with van der Waals surface area (Å²) >= 11 is 0. The molecule has 0 aliphatic rings. The highest BCUT2D eigenvalue weighted by Gasteiger charge is 2.13. The number of aromatic nitrogens is 4. The Balaban J connectivity index is 2.22. The summed E-state index contributed by atoms with van der Waals surface area (Å²) in [5.41, 5.74) is 7.57. The van der Waals surface area contributed by atoms with Gasteiger partial charge in [0.2, 0.25) is 0 Å². The molecular weight excluding hydrogens is 246 g/mol. The first-order valence-electron chi connectivity index (χ1n) is 5.45.